The van der Waals surface area contributed by atoms with E-state index >= 15 is 0 Å². The highest BCUT2D eigenvalue weighted by atomic mass is 32.2. The van der Waals surface area contributed by atoms with Crippen LogP contribution < -0.4 is 0 Å². The average molecular weight is 511 g/mol. The summed E-state index contributed by atoms with van der Waals surface area (Å²) in [4.78, 5) is 18.8. The molecular weight excluding hydrogens is 504 g/mol. The van der Waals surface area contributed by atoms with E-state index in [0.717, 1.165) is 0 Å². The maximum atomic E-state index is 13.5. The van der Waals surface area contributed by atoms with Gasteiger partial charge in [-0.2, -0.15) is 43.9 Å². The summed E-state index contributed by atoms with van der Waals surface area (Å²) in [6, 6.07) is 0.807. The lowest BCUT2D eigenvalue weighted by Crippen LogP contribution is -2.54. The van der Waals surface area contributed by atoms with Crippen LogP contribution in [-0.2, 0) is 20.3 Å². The van der Waals surface area contributed by atoms with Crippen LogP contribution in [0.15, 0.2) is 28.0 Å². The van der Waals surface area contributed by atoms with Crippen molar-refractivity contribution >= 4 is 34.2 Å². The first-order valence-corrected chi connectivity index (χ1v) is 9.32. The van der Waals surface area contributed by atoms with Crippen LogP contribution in [0.3, 0.4) is 0 Å². The van der Waals surface area contributed by atoms with E-state index in [2.05, 4.69) is 4.74 Å². The highest BCUT2D eigenvalue weighted by Gasteiger charge is 2.76. The molecule has 1 aromatic carbocycles. The van der Waals surface area contributed by atoms with Gasteiger partial charge in [0.25, 0.3) is 5.69 Å². The number of halogens is 10. The largest absolute Gasteiger partial charge is 0.461 e. The van der Waals surface area contributed by atoms with E-state index in [1.54, 1.807) is 0 Å². The van der Waals surface area contributed by atoms with Gasteiger partial charge in [0.15, 0.2) is 6.61 Å². The van der Waals surface area contributed by atoms with Crippen molar-refractivity contribution < 1.29 is 62.6 Å². The van der Waals surface area contributed by atoms with Gasteiger partial charge in [0.05, 0.1) is 20.5 Å². The number of ether oxygens (including phenoxy) is 1. The third-order valence-corrected chi connectivity index (χ3v) is 5.48. The van der Waals surface area contributed by atoms with Crippen molar-refractivity contribution in [2.45, 2.75) is 33.3 Å². The molecule has 0 saturated heterocycles. The number of nitro benzene ring substituents is 1. The van der Waals surface area contributed by atoms with Gasteiger partial charge in [-0.3, -0.25) is 14.9 Å². The first-order valence-electron chi connectivity index (χ1n) is 7.19. The molecule has 31 heavy (non-hydrogen) atoms. The monoisotopic (exact) mass is 511 g/mol. The van der Waals surface area contributed by atoms with E-state index in [1.807, 2.05) is 0 Å². The predicted octanol–water partition coefficient (Wildman–Crippen LogP) is 4.69. The van der Waals surface area contributed by atoms with E-state index in [-0.39, 0.29) is 17.8 Å². The molecule has 0 fully saturated rings. The summed E-state index contributed by atoms with van der Waals surface area (Å²) in [5.41, 5.74) is -1.23. The van der Waals surface area contributed by atoms with Crippen molar-refractivity contribution in [3.05, 3.63) is 28.3 Å². The third-order valence-electron chi connectivity index (χ3n) is 3.04. The lowest BCUT2D eigenvalue weighted by atomic mass is 10.3. The number of thioether (sulfide) groups is 1. The van der Waals surface area contributed by atoms with Crippen LogP contribution >= 0.6 is 11.8 Å². The fraction of sp³-hybridized carbons (Fsp3) is 0.462. The van der Waals surface area contributed by atoms with Gasteiger partial charge in [0, 0.05) is 6.07 Å². The number of esters is 1. The van der Waals surface area contributed by atoms with Crippen LogP contribution in [0, 0.1) is 10.1 Å². The molecule has 0 radical (unpaired) electrons. The SMILES string of the molecule is O=C(CSc1ccc(S(=O)C(F)(F)C(F)(F)C(F)(F)F)cc1[N+](=O)[O-])OCC(F)(F)F. The first-order chi connectivity index (χ1) is 13.8. The second-order valence-corrected chi connectivity index (χ2v) is 7.85. The van der Waals surface area contributed by atoms with Gasteiger partial charge >= 0.3 is 29.5 Å². The summed E-state index contributed by atoms with van der Waals surface area (Å²) in [6.45, 7) is -1.96. The molecule has 0 N–H and O–H groups in total. The molecule has 1 unspecified atom stereocenters. The van der Waals surface area contributed by atoms with Gasteiger partial charge in [0.1, 0.15) is 10.8 Å². The number of benzene rings is 1. The Morgan fingerprint density at radius 2 is 1.61 bits per heavy atom. The van der Waals surface area contributed by atoms with Crippen molar-refractivity contribution in [1.29, 1.82) is 0 Å². The standard InChI is InChI=1S/C13H7F10NO5S2/c14-10(15,16)5-29-9(25)4-30-8-2-1-6(3-7(8)24(26)27)31(28)13(22,23)11(17,18)12(19,20)21/h1-3H,4-5H2. The van der Waals surface area contributed by atoms with Crippen molar-refractivity contribution in [2.24, 2.45) is 0 Å². The molecule has 1 rings (SSSR count). The minimum Gasteiger partial charge on any atom is -0.455 e. The fourth-order valence-electron chi connectivity index (χ4n) is 1.65. The number of nitro groups is 1. The molecule has 0 aliphatic rings. The van der Waals surface area contributed by atoms with Gasteiger partial charge < -0.3 is 4.74 Å². The van der Waals surface area contributed by atoms with Crippen LogP contribution in [0.4, 0.5) is 49.6 Å². The Kier molecular flexibility index (Phi) is 7.97. The highest BCUT2D eigenvalue weighted by Crippen LogP contribution is 2.49. The number of alkyl halides is 10. The van der Waals surface area contributed by atoms with Crippen LogP contribution in [0.2, 0.25) is 0 Å². The molecule has 0 aliphatic carbocycles. The van der Waals surface area contributed by atoms with Crippen molar-refractivity contribution in [3.63, 3.8) is 0 Å². The molecular formula is C13H7F10NO5S2. The molecule has 0 heterocycles. The van der Waals surface area contributed by atoms with Gasteiger partial charge in [-0.25, -0.2) is 4.21 Å². The Balaban J connectivity index is 3.13. The zero-order chi connectivity index (χ0) is 24.4. The molecule has 1 aromatic rings. The smallest absolute Gasteiger partial charge is 0.455 e. The van der Waals surface area contributed by atoms with Crippen LogP contribution in [0.25, 0.3) is 0 Å². The Bertz CT molecular complexity index is 871. The molecule has 0 spiro atoms. The van der Waals surface area contributed by atoms with Crippen molar-refractivity contribution in [3.8, 4) is 0 Å². The van der Waals surface area contributed by atoms with E-state index in [4.69, 9.17) is 0 Å². The second-order valence-electron chi connectivity index (χ2n) is 5.31. The van der Waals surface area contributed by atoms with Gasteiger partial charge in [-0.15, -0.1) is 11.8 Å². The van der Waals surface area contributed by atoms with E-state index in [1.165, 1.54) is 0 Å². The third kappa shape index (κ3) is 6.44. The lowest BCUT2D eigenvalue weighted by Gasteiger charge is -2.27. The van der Waals surface area contributed by atoms with Gasteiger partial charge in [-0.05, 0) is 12.1 Å². The summed E-state index contributed by atoms with van der Waals surface area (Å²) in [5.74, 6) is -9.17. The molecule has 0 saturated carbocycles. The number of carbonyl (C=O) groups excluding carboxylic acids is 1. The molecule has 176 valence electrons. The molecule has 1 atom stereocenters. The fourth-order valence-corrected chi connectivity index (χ4v) is 3.50. The van der Waals surface area contributed by atoms with Gasteiger partial charge in [-0.1, -0.05) is 0 Å². The normalized spacial score (nSPS) is 14.3. The number of rotatable bonds is 8. The molecule has 0 aromatic heterocycles. The summed E-state index contributed by atoms with van der Waals surface area (Å²) in [7, 11) is -4.40. The maximum Gasteiger partial charge on any atom is 0.461 e. The highest BCUT2D eigenvalue weighted by molar-refractivity contribution is 8.00. The quantitative estimate of drug-likeness (QED) is 0.166. The molecule has 6 nitrogen and oxygen atoms in total. The Hall–Kier alpha value is -2.11. The number of nitrogens with zero attached hydrogens (tertiary/aromatic N) is 1. The van der Waals surface area contributed by atoms with Crippen molar-refractivity contribution in [2.75, 3.05) is 12.4 Å². The Labute approximate surface area is 171 Å². The topological polar surface area (TPSA) is 86.5 Å². The number of carbonyl (C=O) groups is 1. The summed E-state index contributed by atoms with van der Waals surface area (Å²) in [6.07, 6.45) is -11.6. The minimum absolute atomic E-state index is 0.0137. The van der Waals surface area contributed by atoms with Crippen molar-refractivity contribution in [1.82, 2.24) is 0 Å². The van der Waals surface area contributed by atoms with E-state index in [9.17, 15) is 63.0 Å². The minimum atomic E-state index is -6.79. The Morgan fingerprint density at radius 3 is 2.06 bits per heavy atom. The van der Waals surface area contributed by atoms with Crippen LogP contribution in [0.1, 0.15) is 0 Å². The summed E-state index contributed by atoms with van der Waals surface area (Å²) < 4.78 is 141. The summed E-state index contributed by atoms with van der Waals surface area (Å²) in [5, 5.41) is 4.82. The molecule has 18 heteroatoms. The predicted molar refractivity (Wildman–Crippen MR) is 83.2 cm³/mol. The zero-order valence-electron chi connectivity index (χ0n) is 14.2. The number of hydrogen-bond donors (Lipinski definition) is 0. The van der Waals surface area contributed by atoms with E-state index in [0.29, 0.717) is 12.1 Å². The average Bonchev–Trinajstić information content (AvgIpc) is 2.62. The maximum absolute atomic E-state index is 13.5. The lowest BCUT2D eigenvalue weighted by molar-refractivity contribution is -0.388. The first kappa shape index (κ1) is 26.9. The molecule has 0 amide bonds. The van der Waals surface area contributed by atoms with Crippen LogP contribution in [0.5, 0.6) is 0 Å². The van der Waals surface area contributed by atoms with Crippen LogP contribution in [-0.4, -0.2) is 51.0 Å². The molecule has 0 aliphatic heterocycles. The zero-order valence-corrected chi connectivity index (χ0v) is 15.9. The molecule has 0 bridgehead atoms. The second kappa shape index (κ2) is 9.17. The number of hydrogen-bond acceptors (Lipinski definition) is 6. The van der Waals surface area contributed by atoms with Gasteiger partial charge in [0.2, 0.25) is 0 Å². The Morgan fingerprint density at radius 1 is 1.06 bits per heavy atom. The van der Waals surface area contributed by atoms with E-state index < -0.39 is 73.1 Å². The summed E-state index contributed by atoms with van der Waals surface area (Å²) >= 11 is 0.174.